The Balaban J connectivity index is 1.56. The molecule has 32 heavy (non-hydrogen) atoms. The second-order valence-electron chi connectivity index (χ2n) is 7.72. The van der Waals surface area contributed by atoms with Crippen molar-refractivity contribution in [2.24, 2.45) is 0 Å². The van der Waals surface area contributed by atoms with Crippen LogP contribution >= 0.6 is 0 Å². The molecule has 0 spiro atoms. The van der Waals surface area contributed by atoms with Gasteiger partial charge in [0.05, 0.1) is 29.8 Å². The highest BCUT2D eigenvalue weighted by molar-refractivity contribution is 7.89. The smallest absolute Gasteiger partial charge is 0.243 e. The summed E-state index contributed by atoms with van der Waals surface area (Å²) in [5.41, 5.74) is 0.810. The van der Waals surface area contributed by atoms with E-state index >= 15 is 0 Å². The predicted molar refractivity (Wildman–Crippen MR) is 116 cm³/mol. The molecule has 11 heteroatoms. The molecular weight excluding hydrogens is 459 g/mol. The van der Waals surface area contributed by atoms with Crippen molar-refractivity contribution in [2.45, 2.75) is 54.2 Å². The monoisotopic (exact) mass is 486 g/mol. The molecule has 2 aromatic rings. The third-order valence-electron chi connectivity index (χ3n) is 5.29. The molecule has 0 aromatic heterocycles. The summed E-state index contributed by atoms with van der Waals surface area (Å²) in [5, 5.41) is 9.71. The number of nitrogens with one attached hydrogen (secondary N) is 2. The lowest BCUT2D eigenvalue weighted by Crippen LogP contribution is -2.51. The molecular formula is C21H27FN2O6S2. The summed E-state index contributed by atoms with van der Waals surface area (Å²) in [6.07, 6.45) is 0.0354. The molecule has 176 valence electrons. The molecule has 1 aliphatic rings. The first-order valence-electron chi connectivity index (χ1n) is 10.2. The molecule has 0 saturated carbocycles. The molecule has 8 nitrogen and oxygen atoms in total. The van der Waals surface area contributed by atoms with Gasteiger partial charge in [0, 0.05) is 6.54 Å². The average molecular weight is 487 g/mol. The van der Waals surface area contributed by atoms with Crippen molar-refractivity contribution < 1.29 is 31.1 Å². The first-order valence-corrected chi connectivity index (χ1v) is 13.2. The van der Waals surface area contributed by atoms with Crippen LogP contribution in [0.2, 0.25) is 0 Å². The summed E-state index contributed by atoms with van der Waals surface area (Å²) in [6.45, 7) is 1.42. The number of sulfonamides is 2. The van der Waals surface area contributed by atoms with Crippen LogP contribution in [0.4, 0.5) is 4.39 Å². The van der Waals surface area contributed by atoms with Crippen LogP contribution in [-0.2, 0) is 24.8 Å². The van der Waals surface area contributed by atoms with Crippen LogP contribution in [0.5, 0.6) is 0 Å². The Labute approximate surface area is 187 Å². The van der Waals surface area contributed by atoms with Crippen molar-refractivity contribution in [3.05, 3.63) is 59.9 Å². The molecule has 1 saturated heterocycles. The van der Waals surface area contributed by atoms with Gasteiger partial charge < -0.3 is 9.84 Å². The number of halogens is 1. The van der Waals surface area contributed by atoms with E-state index in [9.17, 15) is 26.3 Å². The first-order chi connectivity index (χ1) is 15.1. The molecule has 0 unspecified atom stereocenters. The zero-order valence-electron chi connectivity index (χ0n) is 17.6. The van der Waals surface area contributed by atoms with Gasteiger partial charge in [0.15, 0.2) is 0 Å². The molecule has 0 radical (unpaired) electrons. The summed E-state index contributed by atoms with van der Waals surface area (Å²) >= 11 is 0. The van der Waals surface area contributed by atoms with Gasteiger partial charge in [0.25, 0.3) is 0 Å². The fraction of sp³-hybridized carbons (Fsp3) is 0.429. The molecule has 3 rings (SSSR count). The van der Waals surface area contributed by atoms with E-state index in [0.717, 1.165) is 11.6 Å². The minimum absolute atomic E-state index is 0.0131. The molecule has 0 aliphatic carbocycles. The SMILES string of the molecule is Cc1cccc(S(=O)(=O)N[C@@H]2CC[C@H](CCNS(=O)(=O)c3ccccc3F)O[C@@H]2CO)c1. The normalized spacial score (nSPS) is 22.0. The van der Waals surface area contributed by atoms with Crippen LogP contribution in [0.25, 0.3) is 0 Å². The lowest BCUT2D eigenvalue weighted by molar-refractivity contribution is -0.0869. The van der Waals surface area contributed by atoms with Gasteiger partial charge in [-0.25, -0.2) is 30.7 Å². The van der Waals surface area contributed by atoms with E-state index in [-0.39, 0.29) is 17.5 Å². The van der Waals surface area contributed by atoms with Gasteiger partial charge in [-0.05, 0) is 56.0 Å². The van der Waals surface area contributed by atoms with Crippen molar-refractivity contribution in [3.63, 3.8) is 0 Å². The molecule has 1 fully saturated rings. The fourth-order valence-electron chi connectivity index (χ4n) is 3.62. The van der Waals surface area contributed by atoms with E-state index in [2.05, 4.69) is 9.44 Å². The number of hydrogen-bond acceptors (Lipinski definition) is 6. The van der Waals surface area contributed by atoms with Crippen LogP contribution in [0.3, 0.4) is 0 Å². The minimum Gasteiger partial charge on any atom is -0.394 e. The van der Waals surface area contributed by atoms with Gasteiger partial charge in [-0.2, -0.15) is 0 Å². The topological polar surface area (TPSA) is 122 Å². The summed E-state index contributed by atoms with van der Waals surface area (Å²) < 4.78 is 74.4. The second-order valence-corrected chi connectivity index (χ2v) is 11.2. The van der Waals surface area contributed by atoms with E-state index in [1.165, 1.54) is 24.3 Å². The van der Waals surface area contributed by atoms with Crippen LogP contribution in [0.1, 0.15) is 24.8 Å². The van der Waals surface area contributed by atoms with Gasteiger partial charge in [0.2, 0.25) is 20.0 Å². The Morgan fingerprint density at radius 2 is 1.81 bits per heavy atom. The minimum atomic E-state index is -4.00. The van der Waals surface area contributed by atoms with E-state index in [1.54, 1.807) is 25.1 Å². The molecule has 2 aromatic carbocycles. The third-order valence-corrected chi connectivity index (χ3v) is 8.27. The highest BCUT2D eigenvalue weighted by Crippen LogP contribution is 2.24. The van der Waals surface area contributed by atoms with Crippen LogP contribution in [0, 0.1) is 12.7 Å². The van der Waals surface area contributed by atoms with E-state index in [0.29, 0.717) is 19.3 Å². The third kappa shape index (κ3) is 6.12. The summed E-state index contributed by atoms with van der Waals surface area (Å²) in [5.74, 6) is -0.835. The van der Waals surface area contributed by atoms with E-state index in [4.69, 9.17) is 4.74 Å². The Hall–Kier alpha value is -1.89. The molecule has 0 bridgehead atoms. The first kappa shape index (κ1) is 24.7. The number of aryl methyl sites for hydroxylation is 1. The molecule has 1 aliphatic heterocycles. The van der Waals surface area contributed by atoms with Crippen LogP contribution in [-0.4, -0.2) is 53.3 Å². The standard InChI is InChI=1S/C21H27FN2O6S2/c1-15-5-4-6-17(13-15)31(26,27)24-19-10-9-16(30-20(19)14-25)11-12-23-32(28,29)21-8-3-2-7-18(21)22/h2-8,13,16,19-20,23-25H,9-12,14H2,1H3/t16-,19-,20-/m1/s1. The Bertz CT molecular complexity index is 1140. The van der Waals surface area contributed by atoms with Crippen molar-refractivity contribution in [3.8, 4) is 0 Å². The van der Waals surface area contributed by atoms with Gasteiger partial charge >= 0.3 is 0 Å². The Kier molecular flexibility index (Phi) is 8.01. The lowest BCUT2D eigenvalue weighted by atomic mass is 9.98. The highest BCUT2D eigenvalue weighted by atomic mass is 32.2. The van der Waals surface area contributed by atoms with Crippen molar-refractivity contribution in [2.75, 3.05) is 13.2 Å². The maximum atomic E-state index is 13.8. The van der Waals surface area contributed by atoms with Crippen LogP contribution in [0.15, 0.2) is 58.3 Å². The fourth-order valence-corrected chi connectivity index (χ4v) is 6.15. The number of ether oxygens (including phenoxy) is 1. The molecule has 1 heterocycles. The zero-order chi connectivity index (χ0) is 23.4. The van der Waals surface area contributed by atoms with Gasteiger partial charge in [-0.1, -0.05) is 24.3 Å². The Morgan fingerprint density at radius 3 is 2.50 bits per heavy atom. The van der Waals surface area contributed by atoms with Crippen molar-refractivity contribution in [1.29, 1.82) is 0 Å². The van der Waals surface area contributed by atoms with E-state index < -0.39 is 49.5 Å². The Morgan fingerprint density at radius 1 is 1.06 bits per heavy atom. The summed E-state index contributed by atoms with van der Waals surface area (Å²) in [7, 11) is -7.78. The van der Waals surface area contributed by atoms with Gasteiger partial charge in [-0.3, -0.25) is 0 Å². The highest BCUT2D eigenvalue weighted by Gasteiger charge is 2.34. The maximum absolute atomic E-state index is 13.8. The average Bonchev–Trinajstić information content (AvgIpc) is 2.74. The summed E-state index contributed by atoms with van der Waals surface area (Å²) in [6, 6.07) is 11.0. The number of benzene rings is 2. The van der Waals surface area contributed by atoms with Crippen molar-refractivity contribution in [1.82, 2.24) is 9.44 Å². The van der Waals surface area contributed by atoms with Gasteiger partial charge in [0.1, 0.15) is 10.7 Å². The van der Waals surface area contributed by atoms with Crippen LogP contribution < -0.4 is 9.44 Å². The lowest BCUT2D eigenvalue weighted by Gasteiger charge is -2.36. The number of rotatable bonds is 9. The number of hydrogen-bond donors (Lipinski definition) is 3. The zero-order valence-corrected chi connectivity index (χ0v) is 19.2. The van der Waals surface area contributed by atoms with Gasteiger partial charge in [-0.15, -0.1) is 0 Å². The molecule has 3 atom stereocenters. The summed E-state index contributed by atoms with van der Waals surface area (Å²) in [4.78, 5) is -0.290. The predicted octanol–water partition coefficient (Wildman–Crippen LogP) is 1.69. The largest absolute Gasteiger partial charge is 0.394 e. The quantitative estimate of drug-likeness (QED) is 0.496. The maximum Gasteiger partial charge on any atom is 0.243 e. The second kappa shape index (κ2) is 10.4. The van der Waals surface area contributed by atoms with E-state index in [1.807, 2.05) is 0 Å². The molecule has 3 N–H and O–H groups in total. The molecule has 0 amide bonds. The number of aliphatic hydroxyl groups excluding tert-OH is 1. The van der Waals surface area contributed by atoms with Crippen molar-refractivity contribution >= 4 is 20.0 Å². The number of aliphatic hydroxyl groups is 1.